The van der Waals surface area contributed by atoms with Crippen LogP contribution in [-0.2, 0) is 0 Å². The van der Waals surface area contributed by atoms with E-state index in [-0.39, 0.29) is 11.9 Å². The maximum Gasteiger partial charge on any atom is 0.137 e. The number of pyridine rings is 1. The Morgan fingerprint density at radius 2 is 1.90 bits per heavy atom. The Bertz CT molecular complexity index is 557. The lowest BCUT2D eigenvalue weighted by Gasteiger charge is -2.20. The van der Waals surface area contributed by atoms with Crippen molar-refractivity contribution in [3.8, 4) is 5.75 Å². The molecule has 0 amide bonds. The van der Waals surface area contributed by atoms with Crippen LogP contribution in [0, 0.1) is 5.82 Å². The average Bonchev–Trinajstić information content (AvgIpc) is 2.50. The zero-order chi connectivity index (χ0) is 15.1. The van der Waals surface area contributed by atoms with Crippen molar-refractivity contribution >= 4 is 0 Å². The predicted molar refractivity (Wildman–Crippen MR) is 81.9 cm³/mol. The van der Waals surface area contributed by atoms with E-state index in [0.717, 1.165) is 29.8 Å². The van der Waals surface area contributed by atoms with Gasteiger partial charge in [-0.15, -0.1) is 0 Å². The van der Waals surface area contributed by atoms with Crippen LogP contribution < -0.4 is 10.1 Å². The highest BCUT2D eigenvalue weighted by Crippen LogP contribution is 2.24. The Labute approximate surface area is 125 Å². The monoisotopic (exact) mass is 288 g/mol. The SMILES string of the molecule is CCCNC(c1ccc(F)cc1)c1cncc(OCC)c1. The zero-order valence-electron chi connectivity index (χ0n) is 12.5. The molecule has 1 atom stereocenters. The maximum atomic E-state index is 13.1. The van der Waals surface area contributed by atoms with Gasteiger partial charge in [-0.05, 0) is 49.2 Å². The molecule has 2 rings (SSSR count). The second kappa shape index (κ2) is 7.74. The Morgan fingerprint density at radius 3 is 2.57 bits per heavy atom. The van der Waals surface area contributed by atoms with Crippen molar-refractivity contribution in [2.75, 3.05) is 13.2 Å². The number of nitrogens with one attached hydrogen (secondary N) is 1. The number of aromatic nitrogens is 1. The lowest BCUT2D eigenvalue weighted by molar-refractivity contribution is 0.338. The van der Waals surface area contributed by atoms with Gasteiger partial charge in [0.15, 0.2) is 0 Å². The smallest absolute Gasteiger partial charge is 0.137 e. The molecule has 0 aliphatic rings. The molecule has 1 heterocycles. The van der Waals surface area contributed by atoms with Crippen molar-refractivity contribution in [1.82, 2.24) is 10.3 Å². The Hall–Kier alpha value is -1.94. The molecule has 21 heavy (non-hydrogen) atoms. The first-order chi connectivity index (χ1) is 10.2. The van der Waals surface area contributed by atoms with Crippen molar-refractivity contribution in [3.63, 3.8) is 0 Å². The highest BCUT2D eigenvalue weighted by Gasteiger charge is 2.14. The second-order valence-corrected chi connectivity index (χ2v) is 4.83. The van der Waals surface area contributed by atoms with E-state index >= 15 is 0 Å². The van der Waals surface area contributed by atoms with E-state index in [0.29, 0.717) is 6.61 Å². The van der Waals surface area contributed by atoms with E-state index in [9.17, 15) is 4.39 Å². The molecule has 0 saturated heterocycles. The lowest BCUT2D eigenvalue weighted by atomic mass is 10.00. The summed E-state index contributed by atoms with van der Waals surface area (Å²) in [5, 5.41) is 3.47. The summed E-state index contributed by atoms with van der Waals surface area (Å²) in [6.45, 7) is 5.54. The fourth-order valence-corrected chi connectivity index (χ4v) is 2.21. The van der Waals surface area contributed by atoms with Crippen LogP contribution in [-0.4, -0.2) is 18.1 Å². The third-order valence-electron chi connectivity index (χ3n) is 3.18. The van der Waals surface area contributed by atoms with Crippen molar-refractivity contribution in [3.05, 3.63) is 59.7 Å². The largest absolute Gasteiger partial charge is 0.492 e. The van der Waals surface area contributed by atoms with Crippen molar-refractivity contribution < 1.29 is 9.13 Å². The molecule has 0 bridgehead atoms. The van der Waals surface area contributed by atoms with Gasteiger partial charge in [0.25, 0.3) is 0 Å². The number of ether oxygens (including phenoxy) is 1. The molecule has 0 saturated carbocycles. The third-order valence-corrected chi connectivity index (χ3v) is 3.18. The van der Waals surface area contributed by atoms with Gasteiger partial charge in [-0.3, -0.25) is 4.98 Å². The summed E-state index contributed by atoms with van der Waals surface area (Å²) < 4.78 is 18.6. The number of nitrogens with zero attached hydrogens (tertiary/aromatic N) is 1. The van der Waals surface area contributed by atoms with Crippen LogP contribution in [0.1, 0.15) is 37.4 Å². The maximum absolute atomic E-state index is 13.1. The number of rotatable bonds is 7. The van der Waals surface area contributed by atoms with Gasteiger partial charge in [0, 0.05) is 6.20 Å². The molecule has 1 unspecified atom stereocenters. The molecule has 0 aliphatic carbocycles. The molecular weight excluding hydrogens is 267 g/mol. The van der Waals surface area contributed by atoms with E-state index < -0.39 is 0 Å². The van der Waals surface area contributed by atoms with Crippen LogP contribution in [0.15, 0.2) is 42.7 Å². The normalized spacial score (nSPS) is 12.1. The standard InChI is InChI=1S/C17H21FN2O/c1-3-9-20-17(13-5-7-15(18)8-6-13)14-10-16(21-4-2)12-19-11-14/h5-8,10-12,17,20H,3-4,9H2,1-2H3. The molecule has 0 aliphatic heterocycles. The average molecular weight is 288 g/mol. The first kappa shape index (κ1) is 15.4. The summed E-state index contributed by atoms with van der Waals surface area (Å²) in [6.07, 6.45) is 4.55. The minimum atomic E-state index is -0.228. The van der Waals surface area contributed by atoms with Crippen LogP contribution in [0.5, 0.6) is 5.75 Å². The molecule has 1 aromatic carbocycles. The van der Waals surface area contributed by atoms with E-state index in [2.05, 4.69) is 17.2 Å². The van der Waals surface area contributed by atoms with Gasteiger partial charge in [-0.25, -0.2) is 4.39 Å². The third kappa shape index (κ3) is 4.26. The van der Waals surface area contributed by atoms with E-state index in [1.807, 2.05) is 19.2 Å². The number of halogens is 1. The molecule has 2 aromatic rings. The fraction of sp³-hybridized carbons (Fsp3) is 0.353. The Morgan fingerprint density at radius 1 is 1.14 bits per heavy atom. The molecule has 1 aromatic heterocycles. The first-order valence-electron chi connectivity index (χ1n) is 7.31. The molecule has 1 N–H and O–H groups in total. The highest BCUT2D eigenvalue weighted by atomic mass is 19.1. The summed E-state index contributed by atoms with van der Waals surface area (Å²) in [4.78, 5) is 4.24. The Kier molecular flexibility index (Phi) is 5.69. The molecule has 0 fully saturated rings. The van der Waals surface area contributed by atoms with Gasteiger partial charge < -0.3 is 10.1 Å². The van der Waals surface area contributed by atoms with Gasteiger partial charge >= 0.3 is 0 Å². The van der Waals surface area contributed by atoms with Crippen LogP contribution in [0.2, 0.25) is 0 Å². The van der Waals surface area contributed by atoms with Crippen LogP contribution in [0.3, 0.4) is 0 Å². The summed E-state index contributed by atoms with van der Waals surface area (Å²) >= 11 is 0. The minimum absolute atomic E-state index is 0.0153. The molecular formula is C17H21FN2O. The number of hydrogen-bond donors (Lipinski definition) is 1. The van der Waals surface area contributed by atoms with Gasteiger partial charge in [-0.1, -0.05) is 19.1 Å². The first-order valence-corrected chi connectivity index (χ1v) is 7.31. The van der Waals surface area contributed by atoms with Crippen LogP contribution in [0.4, 0.5) is 4.39 Å². The van der Waals surface area contributed by atoms with E-state index in [1.165, 1.54) is 12.1 Å². The van der Waals surface area contributed by atoms with Crippen molar-refractivity contribution in [2.45, 2.75) is 26.3 Å². The second-order valence-electron chi connectivity index (χ2n) is 4.83. The van der Waals surface area contributed by atoms with Crippen LogP contribution in [0.25, 0.3) is 0 Å². The van der Waals surface area contributed by atoms with Crippen LogP contribution >= 0.6 is 0 Å². The van der Waals surface area contributed by atoms with E-state index in [1.54, 1.807) is 18.3 Å². The highest BCUT2D eigenvalue weighted by molar-refractivity contribution is 5.34. The van der Waals surface area contributed by atoms with Gasteiger partial charge in [0.05, 0.1) is 18.8 Å². The van der Waals surface area contributed by atoms with Gasteiger partial charge in [-0.2, -0.15) is 0 Å². The zero-order valence-corrected chi connectivity index (χ0v) is 12.5. The summed E-state index contributed by atoms with van der Waals surface area (Å²) in [6, 6.07) is 8.53. The quantitative estimate of drug-likeness (QED) is 0.843. The van der Waals surface area contributed by atoms with E-state index in [4.69, 9.17) is 4.74 Å². The lowest BCUT2D eigenvalue weighted by Crippen LogP contribution is -2.23. The molecule has 4 heteroatoms. The summed E-state index contributed by atoms with van der Waals surface area (Å²) in [7, 11) is 0. The molecule has 0 spiro atoms. The number of benzene rings is 1. The molecule has 112 valence electrons. The van der Waals surface area contributed by atoms with Gasteiger partial charge in [0.2, 0.25) is 0 Å². The summed E-state index contributed by atoms with van der Waals surface area (Å²) in [5.41, 5.74) is 2.03. The Balaban J connectivity index is 2.30. The predicted octanol–water partition coefficient (Wildman–Crippen LogP) is 3.71. The fourth-order valence-electron chi connectivity index (χ4n) is 2.21. The minimum Gasteiger partial charge on any atom is -0.492 e. The summed E-state index contributed by atoms with van der Waals surface area (Å²) in [5.74, 6) is 0.523. The van der Waals surface area contributed by atoms with Gasteiger partial charge in [0.1, 0.15) is 11.6 Å². The topological polar surface area (TPSA) is 34.2 Å². The molecule has 3 nitrogen and oxygen atoms in total. The number of hydrogen-bond acceptors (Lipinski definition) is 3. The van der Waals surface area contributed by atoms with Crippen molar-refractivity contribution in [1.29, 1.82) is 0 Å². The molecule has 0 radical (unpaired) electrons. The van der Waals surface area contributed by atoms with Crippen molar-refractivity contribution in [2.24, 2.45) is 0 Å².